The van der Waals surface area contributed by atoms with Crippen molar-refractivity contribution < 1.29 is 18.3 Å². The number of aliphatic hydroxyl groups excluding tert-OH is 1. The number of aryl methyl sites for hydroxylation is 2. The van der Waals surface area contributed by atoms with Crippen molar-refractivity contribution in [3.8, 4) is 5.75 Å². The highest BCUT2D eigenvalue weighted by atomic mass is 32.2. The molecular weight excluding hydrogens is 350 g/mol. The lowest BCUT2D eigenvalue weighted by Crippen LogP contribution is -2.37. The van der Waals surface area contributed by atoms with Crippen molar-refractivity contribution >= 4 is 15.7 Å². The number of nitrogens with zero attached hydrogens (tertiary/aromatic N) is 1. The van der Waals surface area contributed by atoms with Crippen molar-refractivity contribution in [2.45, 2.75) is 37.5 Å². The van der Waals surface area contributed by atoms with Gasteiger partial charge in [-0.25, -0.2) is 8.42 Å². The van der Waals surface area contributed by atoms with E-state index in [0.29, 0.717) is 30.8 Å². The Bertz CT molecular complexity index is 891. The van der Waals surface area contributed by atoms with Crippen LogP contribution in [-0.2, 0) is 10.0 Å². The Labute approximate surface area is 155 Å². The molecule has 1 heterocycles. The normalized spacial score (nSPS) is 17.1. The van der Waals surface area contributed by atoms with E-state index in [9.17, 15) is 13.5 Å². The average Bonchev–Trinajstić information content (AvgIpc) is 2.61. The second kappa shape index (κ2) is 7.29. The van der Waals surface area contributed by atoms with E-state index in [0.717, 1.165) is 16.7 Å². The first-order valence-electron chi connectivity index (χ1n) is 8.77. The van der Waals surface area contributed by atoms with Gasteiger partial charge in [0, 0.05) is 18.7 Å². The minimum Gasteiger partial charge on any atom is -0.496 e. The lowest BCUT2D eigenvalue weighted by Gasteiger charge is -2.36. The summed E-state index contributed by atoms with van der Waals surface area (Å²) in [5.41, 5.74) is 3.49. The number of hydrogen-bond donors (Lipinski definition) is 1. The Balaban J connectivity index is 2.15. The number of benzene rings is 2. The quantitative estimate of drug-likeness (QED) is 0.870. The molecule has 0 saturated carbocycles. The van der Waals surface area contributed by atoms with Gasteiger partial charge >= 0.3 is 0 Å². The van der Waals surface area contributed by atoms with Crippen molar-refractivity contribution in [3.05, 3.63) is 53.1 Å². The Kier molecular flexibility index (Phi) is 5.25. The molecule has 6 heteroatoms. The van der Waals surface area contributed by atoms with E-state index in [-0.39, 0.29) is 17.4 Å². The molecular formula is C20H25NO4S. The van der Waals surface area contributed by atoms with Gasteiger partial charge in [0.05, 0.1) is 17.7 Å². The van der Waals surface area contributed by atoms with Gasteiger partial charge in [0.15, 0.2) is 0 Å². The van der Waals surface area contributed by atoms with Crippen LogP contribution in [0.2, 0.25) is 0 Å². The van der Waals surface area contributed by atoms with Gasteiger partial charge in [-0.05, 0) is 62.4 Å². The molecule has 26 heavy (non-hydrogen) atoms. The lowest BCUT2D eigenvalue weighted by molar-refractivity contribution is 0.270. The van der Waals surface area contributed by atoms with Crippen LogP contribution in [0, 0.1) is 13.8 Å². The highest BCUT2D eigenvalue weighted by Gasteiger charge is 2.35. The molecule has 0 bridgehead atoms. The smallest absolute Gasteiger partial charge is 0.264 e. The first kappa shape index (κ1) is 18.7. The third kappa shape index (κ3) is 3.31. The Hall–Kier alpha value is -2.05. The molecule has 2 aromatic carbocycles. The first-order valence-corrected chi connectivity index (χ1v) is 10.2. The van der Waals surface area contributed by atoms with E-state index in [1.165, 1.54) is 4.31 Å². The van der Waals surface area contributed by atoms with Gasteiger partial charge in [-0.3, -0.25) is 4.31 Å². The predicted octanol–water partition coefficient (Wildman–Crippen LogP) is 3.38. The summed E-state index contributed by atoms with van der Waals surface area (Å²) in [6.45, 7) is 4.31. The van der Waals surface area contributed by atoms with Gasteiger partial charge < -0.3 is 9.84 Å². The van der Waals surface area contributed by atoms with Gasteiger partial charge in [-0.2, -0.15) is 0 Å². The van der Waals surface area contributed by atoms with Crippen LogP contribution in [0.25, 0.3) is 0 Å². The van der Waals surface area contributed by atoms with Gasteiger partial charge in [0.25, 0.3) is 10.0 Å². The summed E-state index contributed by atoms with van der Waals surface area (Å²) in [7, 11) is -2.06. The Morgan fingerprint density at radius 3 is 2.46 bits per heavy atom. The monoisotopic (exact) mass is 375 g/mol. The zero-order valence-electron chi connectivity index (χ0n) is 15.4. The number of sulfonamides is 1. The molecule has 0 spiro atoms. The Morgan fingerprint density at radius 2 is 1.85 bits per heavy atom. The molecule has 0 saturated heterocycles. The molecule has 0 amide bonds. The van der Waals surface area contributed by atoms with Gasteiger partial charge in [0.2, 0.25) is 0 Å². The topological polar surface area (TPSA) is 66.8 Å². The average molecular weight is 375 g/mol. The Morgan fingerprint density at radius 1 is 1.15 bits per heavy atom. The summed E-state index contributed by atoms with van der Waals surface area (Å²) in [5.74, 6) is 0.761. The van der Waals surface area contributed by atoms with Crippen LogP contribution in [0.1, 0.15) is 35.4 Å². The van der Waals surface area contributed by atoms with Crippen molar-refractivity contribution in [3.63, 3.8) is 0 Å². The summed E-state index contributed by atoms with van der Waals surface area (Å²) in [6.07, 6.45) is 1.24. The predicted molar refractivity (Wildman–Crippen MR) is 103 cm³/mol. The van der Waals surface area contributed by atoms with E-state index in [4.69, 9.17) is 4.74 Å². The molecule has 0 aliphatic carbocycles. The summed E-state index contributed by atoms with van der Waals surface area (Å²) in [4.78, 5) is 0.287. The van der Waals surface area contributed by atoms with E-state index >= 15 is 0 Å². The fourth-order valence-electron chi connectivity index (χ4n) is 3.60. The molecule has 1 atom stereocenters. The van der Waals surface area contributed by atoms with Crippen LogP contribution in [0.15, 0.2) is 41.3 Å². The molecule has 0 unspecified atom stereocenters. The molecule has 0 fully saturated rings. The summed E-state index contributed by atoms with van der Waals surface area (Å²) in [5, 5.41) is 9.42. The lowest BCUT2D eigenvalue weighted by atomic mass is 9.87. The molecule has 0 aromatic heterocycles. The van der Waals surface area contributed by atoms with E-state index in [1.54, 1.807) is 19.2 Å². The number of ether oxygens (including phenoxy) is 1. The molecule has 1 aliphatic rings. The van der Waals surface area contributed by atoms with Gasteiger partial charge in [-0.15, -0.1) is 0 Å². The van der Waals surface area contributed by atoms with E-state index < -0.39 is 10.0 Å². The van der Waals surface area contributed by atoms with Crippen molar-refractivity contribution in [2.24, 2.45) is 0 Å². The second-order valence-electron chi connectivity index (χ2n) is 6.79. The largest absolute Gasteiger partial charge is 0.496 e. The molecule has 1 N–H and O–H groups in total. The number of anilines is 1. The van der Waals surface area contributed by atoms with Crippen LogP contribution < -0.4 is 9.04 Å². The van der Waals surface area contributed by atoms with Gasteiger partial charge in [-0.1, -0.05) is 17.7 Å². The van der Waals surface area contributed by atoms with E-state index in [2.05, 4.69) is 0 Å². The maximum atomic E-state index is 13.3. The van der Waals surface area contributed by atoms with Gasteiger partial charge in [0.1, 0.15) is 5.75 Å². The highest BCUT2D eigenvalue weighted by molar-refractivity contribution is 7.92. The minimum absolute atomic E-state index is 0.0614. The second-order valence-corrected chi connectivity index (χ2v) is 8.65. The number of methoxy groups -OCH3 is 1. The van der Waals surface area contributed by atoms with Crippen molar-refractivity contribution in [1.82, 2.24) is 0 Å². The van der Waals surface area contributed by atoms with Crippen molar-refractivity contribution in [1.29, 1.82) is 0 Å². The van der Waals surface area contributed by atoms with Crippen LogP contribution in [0.3, 0.4) is 0 Å². The molecule has 3 rings (SSSR count). The third-order valence-electron chi connectivity index (χ3n) is 4.93. The molecule has 2 aromatic rings. The standard InChI is InChI=1S/C20H25NO4S/c1-14-4-6-17(7-5-14)26(23,24)21-10-8-16(9-11-22)20-18(21)12-15(2)13-19(20)25-3/h4-7,12-13,16,22H,8-11H2,1-3H3/t16-/m0/s1. The maximum Gasteiger partial charge on any atom is 0.264 e. The van der Waals surface area contributed by atoms with Crippen LogP contribution in [-0.4, -0.2) is 33.8 Å². The zero-order chi connectivity index (χ0) is 18.9. The molecule has 140 valence electrons. The van der Waals surface area contributed by atoms with Crippen molar-refractivity contribution in [2.75, 3.05) is 24.6 Å². The summed E-state index contributed by atoms with van der Waals surface area (Å²) >= 11 is 0. The first-order chi connectivity index (χ1) is 12.4. The number of aliphatic hydroxyl groups is 1. The minimum atomic E-state index is -3.66. The SMILES string of the molecule is COc1cc(C)cc2c1[C@H](CCO)CCN2S(=O)(=O)c1ccc(C)cc1. The molecule has 1 aliphatic heterocycles. The molecule has 0 radical (unpaired) electrons. The zero-order valence-corrected chi connectivity index (χ0v) is 16.2. The third-order valence-corrected chi connectivity index (χ3v) is 6.76. The van der Waals surface area contributed by atoms with Crippen LogP contribution >= 0.6 is 0 Å². The number of fused-ring (bicyclic) bond motifs is 1. The number of rotatable bonds is 5. The van der Waals surface area contributed by atoms with Crippen LogP contribution in [0.5, 0.6) is 5.75 Å². The fraction of sp³-hybridized carbons (Fsp3) is 0.400. The highest BCUT2D eigenvalue weighted by Crippen LogP contribution is 2.45. The summed E-state index contributed by atoms with van der Waals surface area (Å²) in [6, 6.07) is 10.7. The fourth-order valence-corrected chi connectivity index (χ4v) is 5.09. The van der Waals surface area contributed by atoms with Crippen LogP contribution in [0.4, 0.5) is 5.69 Å². The maximum absolute atomic E-state index is 13.3. The molecule has 5 nitrogen and oxygen atoms in total. The number of hydrogen-bond acceptors (Lipinski definition) is 4. The summed E-state index contributed by atoms with van der Waals surface area (Å²) < 4.78 is 33.6. The van der Waals surface area contributed by atoms with E-state index in [1.807, 2.05) is 38.1 Å².